The summed E-state index contributed by atoms with van der Waals surface area (Å²) in [5, 5.41) is 19.8. The van der Waals surface area contributed by atoms with Gasteiger partial charge in [-0.15, -0.1) is 0 Å². The molecule has 0 aromatic heterocycles. The molecule has 0 atom stereocenters. The van der Waals surface area contributed by atoms with Crippen molar-refractivity contribution in [1.82, 2.24) is 0 Å². The third-order valence-corrected chi connectivity index (χ3v) is 5.31. The summed E-state index contributed by atoms with van der Waals surface area (Å²) in [4.78, 5) is 46.6. The fraction of sp³-hybridized carbons (Fsp3) is 0.308. The molecule has 0 saturated heterocycles. The molecule has 0 aliphatic carbocycles. The van der Waals surface area contributed by atoms with E-state index in [2.05, 4.69) is 0 Å². The number of hydrogen-bond acceptors (Lipinski definition) is 6. The van der Waals surface area contributed by atoms with E-state index in [4.69, 9.17) is 19.7 Å². The Hall–Kier alpha value is -3.94. The average molecular weight is 466 g/mol. The molecule has 0 aliphatic rings. The molecule has 3 aromatic rings. The van der Waals surface area contributed by atoms with Gasteiger partial charge in [0.15, 0.2) is 0 Å². The molecular formula is C26H26O8. The number of esters is 2. The van der Waals surface area contributed by atoms with Gasteiger partial charge in [-0.05, 0) is 17.0 Å². The van der Waals surface area contributed by atoms with Crippen LogP contribution in [0.25, 0.3) is 21.5 Å². The van der Waals surface area contributed by atoms with E-state index in [9.17, 15) is 19.2 Å². The molecule has 178 valence electrons. The minimum atomic E-state index is -1.11. The number of carbonyl (C=O) groups excluding carboxylic acids is 2. The molecule has 8 nitrogen and oxygen atoms in total. The van der Waals surface area contributed by atoms with E-state index >= 15 is 0 Å². The molecule has 0 unspecified atom stereocenters. The zero-order chi connectivity index (χ0) is 25.0. The fourth-order valence-electron chi connectivity index (χ4n) is 3.53. The highest BCUT2D eigenvalue weighted by Gasteiger charge is 2.23. The molecule has 0 bridgehead atoms. The van der Waals surface area contributed by atoms with Crippen LogP contribution in [0.15, 0.2) is 42.5 Å². The van der Waals surface area contributed by atoms with Crippen molar-refractivity contribution in [3.63, 3.8) is 0 Å². The van der Waals surface area contributed by atoms with Gasteiger partial charge in [0.1, 0.15) is 11.5 Å². The largest absolute Gasteiger partial charge is 0.481 e. The van der Waals surface area contributed by atoms with Crippen molar-refractivity contribution in [2.24, 2.45) is 0 Å². The van der Waals surface area contributed by atoms with E-state index in [-0.39, 0.29) is 42.6 Å². The minimum Gasteiger partial charge on any atom is -0.481 e. The van der Waals surface area contributed by atoms with Gasteiger partial charge in [0.25, 0.3) is 0 Å². The number of carbonyl (C=O) groups is 4. The number of fused-ring (bicyclic) bond motifs is 2. The summed E-state index contributed by atoms with van der Waals surface area (Å²) in [6, 6.07) is 12.4. The Bertz CT molecular complexity index is 1280. The highest BCUT2D eigenvalue weighted by molar-refractivity contribution is 6.13. The summed E-state index contributed by atoms with van der Waals surface area (Å²) in [6.07, 6.45) is -1.31. The van der Waals surface area contributed by atoms with Crippen molar-refractivity contribution in [3.05, 3.63) is 48.0 Å². The zero-order valence-corrected chi connectivity index (χ0v) is 19.2. The number of benzene rings is 3. The van der Waals surface area contributed by atoms with Gasteiger partial charge >= 0.3 is 23.9 Å². The number of ether oxygens (including phenoxy) is 2. The fourth-order valence-corrected chi connectivity index (χ4v) is 3.53. The number of carboxylic acid groups (broad SMARTS) is 2. The topological polar surface area (TPSA) is 127 Å². The summed E-state index contributed by atoms with van der Waals surface area (Å²) < 4.78 is 11.3. The van der Waals surface area contributed by atoms with E-state index in [0.717, 1.165) is 5.56 Å². The summed E-state index contributed by atoms with van der Waals surface area (Å²) in [5.74, 6) is -3.11. The molecule has 3 aromatic carbocycles. The van der Waals surface area contributed by atoms with Crippen LogP contribution in [0.4, 0.5) is 0 Å². The van der Waals surface area contributed by atoms with E-state index in [1.807, 2.05) is 32.9 Å². The molecular weight excluding hydrogens is 440 g/mol. The standard InChI is InChI=1S/C26H26O8/c1-26(2,3)15-8-9-18-19(14-15)25(34-23(32)13-11-21(29)30)17-7-5-4-6-16(17)24(18)33-22(31)12-10-20(27)28/h4-9,14H,10-13H2,1-3H3,(H,27,28)(H,29,30). The summed E-state index contributed by atoms with van der Waals surface area (Å²) in [7, 11) is 0. The predicted molar refractivity (Wildman–Crippen MR) is 125 cm³/mol. The van der Waals surface area contributed by atoms with Gasteiger partial charge < -0.3 is 19.7 Å². The van der Waals surface area contributed by atoms with Crippen LogP contribution in [0.5, 0.6) is 11.5 Å². The van der Waals surface area contributed by atoms with E-state index < -0.39 is 23.9 Å². The quantitative estimate of drug-likeness (QED) is 0.274. The smallest absolute Gasteiger partial charge is 0.311 e. The lowest BCUT2D eigenvalue weighted by molar-refractivity contribution is -0.142. The molecule has 0 spiro atoms. The maximum atomic E-state index is 12.5. The second-order valence-electron chi connectivity index (χ2n) is 8.95. The number of rotatable bonds is 8. The van der Waals surface area contributed by atoms with Gasteiger partial charge in [-0.25, -0.2) is 0 Å². The Morgan fingerprint density at radius 2 is 1.12 bits per heavy atom. The molecule has 2 N–H and O–H groups in total. The third kappa shape index (κ3) is 5.70. The van der Waals surface area contributed by atoms with Crippen molar-refractivity contribution in [2.75, 3.05) is 0 Å². The molecule has 0 amide bonds. The van der Waals surface area contributed by atoms with Crippen LogP contribution in [-0.4, -0.2) is 34.1 Å². The summed E-state index contributed by atoms with van der Waals surface area (Å²) in [6.45, 7) is 6.09. The first-order valence-electron chi connectivity index (χ1n) is 10.8. The maximum absolute atomic E-state index is 12.5. The molecule has 0 aliphatic heterocycles. The van der Waals surface area contributed by atoms with Crippen molar-refractivity contribution >= 4 is 45.4 Å². The molecule has 0 saturated carbocycles. The van der Waals surface area contributed by atoms with Crippen molar-refractivity contribution in [1.29, 1.82) is 0 Å². The van der Waals surface area contributed by atoms with Crippen LogP contribution in [0.3, 0.4) is 0 Å². The van der Waals surface area contributed by atoms with Gasteiger partial charge in [-0.3, -0.25) is 19.2 Å². The molecule has 34 heavy (non-hydrogen) atoms. The van der Waals surface area contributed by atoms with Crippen LogP contribution in [0.2, 0.25) is 0 Å². The van der Waals surface area contributed by atoms with E-state index in [1.165, 1.54) is 0 Å². The van der Waals surface area contributed by atoms with Crippen LogP contribution in [-0.2, 0) is 24.6 Å². The van der Waals surface area contributed by atoms with Gasteiger partial charge in [-0.1, -0.05) is 57.2 Å². The van der Waals surface area contributed by atoms with Crippen molar-refractivity contribution in [3.8, 4) is 11.5 Å². The Morgan fingerprint density at radius 1 is 0.676 bits per heavy atom. The number of hydrogen-bond donors (Lipinski definition) is 2. The minimum absolute atomic E-state index is 0.233. The predicted octanol–water partition coefficient (Wildman–Crippen LogP) is 4.83. The Labute approximate surface area is 196 Å². The average Bonchev–Trinajstić information content (AvgIpc) is 2.77. The third-order valence-electron chi connectivity index (χ3n) is 5.31. The monoisotopic (exact) mass is 466 g/mol. The van der Waals surface area contributed by atoms with Gasteiger partial charge in [0.05, 0.1) is 25.7 Å². The summed E-state index contributed by atoms with van der Waals surface area (Å²) >= 11 is 0. The van der Waals surface area contributed by atoms with E-state index in [0.29, 0.717) is 21.5 Å². The SMILES string of the molecule is CC(C)(C)c1ccc2c(OC(=O)CCC(=O)O)c3ccccc3c(OC(=O)CCC(=O)O)c2c1. The first kappa shape index (κ1) is 24.7. The highest BCUT2D eigenvalue weighted by atomic mass is 16.5. The highest BCUT2D eigenvalue weighted by Crippen LogP contribution is 2.44. The molecule has 3 rings (SSSR count). The molecule has 0 radical (unpaired) electrons. The van der Waals surface area contributed by atoms with Crippen LogP contribution >= 0.6 is 0 Å². The zero-order valence-electron chi connectivity index (χ0n) is 19.2. The first-order chi connectivity index (χ1) is 16.0. The van der Waals surface area contributed by atoms with Gasteiger partial charge in [0, 0.05) is 21.5 Å². The van der Waals surface area contributed by atoms with Crippen molar-refractivity contribution in [2.45, 2.75) is 51.9 Å². The second-order valence-corrected chi connectivity index (χ2v) is 8.95. The van der Waals surface area contributed by atoms with Gasteiger partial charge in [0.2, 0.25) is 0 Å². The van der Waals surface area contributed by atoms with Crippen molar-refractivity contribution < 1.29 is 38.9 Å². The maximum Gasteiger partial charge on any atom is 0.311 e. The van der Waals surface area contributed by atoms with Gasteiger partial charge in [-0.2, -0.15) is 0 Å². The molecule has 0 fully saturated rings. The first-order valence-corrected chi connectivity index (χ1v) is 10.8. The lowest BCUT2D eigenvalue weighted by Gasteiger charge is -2.22. The van der Waals surface area contributed by atoms with Crippen LogP contribution in [0.1, 0.15) is 52.0 Å². The Morgan fingerprint density at radius 3 is 1.56 bits per heavy atom. The number of carboxylic acids is 2. The second kappa shape index (κ2) is 9.91. The lowest BCUT2D eigenvalue weighted by atomic mass is 9.85. The Balaban J connectivity index is 2.22. The Kier molecular flexibility index (Phi) is 7.20. The van der Waals surface area contributed by atoms with Crippen LogP contribution in [0, 0.1) is 0 Å². The molecule has 8 heteroatoms. The lowest BCUT2D eigenvalue weighted by Crippen LogP contribution is -2.14. The summed E-state index contributed by atoms with van der Waals surface area (Å²) in [5.41, 5.74) is 0.712. The normalized spacial score (nSPS) is 11.4. The number of aliphatic carboxylic acids is 2. The van der Waals surface area contributed by atoms with Crippen LogP contribution < -0.4 is 9.47 Å². The molecule has 0 heterocycles. The van der Waals surface area contributed by atoms with E-state index in [1.54, 1.807) is 30.3 Å².